The van der Waals surface area contributed by atoms with Crippen LogP contribution in [0.3, 0.4) is 0 Å². The zero-order valence-electron chi connectivity index (χ0n) is 17.5. The van der Waals surface area contributed by atoms with Crippen LogP contribution in [0.2, 0.25) is 0 Å². The van der Waals surface area contributed by atoms with Crippen LogP contribution in [0.25, 0.3) is 10.8 Å². The molecule has 0 fully saturated rings. The molecule has 0 saturated heterocycles. The third kappa shape index (κ3) is 5.82. The first-order valence-corrected chi connectivity index (χ1v) is 9.90. The summed E-state index contributed by atoms with van der Waals surface area (Å²) in [6.07, 6.45) is 2.31. The van der Waals surface area contributed by atoms with Gasteiger partial charge in [0.1, 0.15) is 11.5 Å². The predicted octanol–water partition coefficient (Wildman–Crippen LogP) is 3.94. The molecule has 1 N–H and O–H groups in total. The van der Waals surface area contributed by atoms with Gasteiger partial charge in [-0.1, -0.05) is 37.3 Å². The van der Waals surface area contributed by atoms with E-state index in [0.29, 0.717) is 23.7 Å². The van der Waals surface area contributed by atoms with Crippen molar-refractivity contribution in [3.63, 3.8) is 0 Å². The van der Waals surface area contributed by atoms with Crippen molar-refractivity contribution < 1.29 is 23.8 Å². The fourth-order valence-electron chi connectivity index (χ4n) is 2.90. The Bertz CT molecular complexity index is 1080. The van der Waals surface area contributed by atoms with Crippen LogP contribution in [-0.4, -0.2) is 38.4 Å². The Kier molecular flexibility index (Phi) is 7.59. The molecule has 0 aromatic heterocycles. The second kappa shape index (κ2) is 10.8. The Balaban J connectivity index is 1.56. The van der Waals surface area contributed by atoms with Crippen molar-refractivity contribution in [3.8, 4) is 11.5 Å². The summed E-state index contributed by atoms with van der Waals surface area (Å²) >= 11 is 0. The number of hydrogen-bond acceptors (Lipinski definition) is 6. The number of ether oxygens (including phenoxy) is 3. The van der Waals surface area contributed by atoms with Gasteiger partial charge in [-0.2, -0.15) is 5.10 Å². The molecule has 160 valence electrons. The van der Waals surface area contributed by atoms with Gasteiger partial charge in [-0.15, -0.1) is 0 Å². The van der Waals surface area contributed by atoms with Crippen LogP contribution in [0.1, 0.15) is 29.3 Å². The molecule has 0 aliphatic rings. The van der Waals surface area contributed by atoms with Crippen LogP contribution in [-0.2, 0) is 9.53 Å². The molecule has 0 unspecified atom stereocenters. The van der Waals surface area contributed by atoms with Gasteiger partial charge in [0.25, 0.3) is 5.91 Å². The number of fused-ring (bicyclic) bond motifs is 1. The molecule has 0 saturated carbocycles. The lowest BCUT2D eigenvalue weighted by molar-refractivity contribution is -0.123. The van der Waals surface area contributed by atoms with Gasteiger partial charge in [-0.25, -0.2) is 10.2 Å². The smallest absolute Gasteiger partial charge is 0.338 e. The number of nitrogens with zero attached hydrogens (tertiary/aromatic N) is 1. The average molecular weight is 420 g/mol. The molecule has 0 heterocycles. The first kappa shape index (κ1) is 21.8. The number of benzene rings is 3. The molecule has 7 heteroatoms. The van der Waals surface area contributed by atoms with Crippen LogP contribution in [0, 0.1) is 0 Å². The average Bonchev–Trinajstić information content (AvgIpc) is 2.81. The van der Waals surface area contributed by atoms with E-state index in [1.165, 1.54) is 0 Å². The molecular weight excluding hydrogens is 396 g/mol. The van der Waals surface area contributed by atoms with E-state index in [1.54, 1.807) is 37.6 Å². The highest BCUT2D eigenvalue weighted by Gasteiger charge is 2.08. The Labute approximate surface area is 180 Å². The molecule has 3 aromatic rings. The van der Waals surface area contributed by atoms with Crippen molar-refractivity contribution in [1.82, 2.24) is 5.43 Å². The minimum absolute atomic E-state index is 0.219. The summed E-state index contributed by atoms with van der Waals surface area (Å²) in [6.45, 7) is 2.09. The molecule has 0 bridgehead atoms. The number of esters is 1. The van der Waals surface area contributed by atoms with Crippen molar-refractivity contribution in [2.24, 2.45) is 5.10 Å². The number of carbonyl (C=O) groups is 2. The Hall–Kier alpha value is -3.87. The summed E-state index contributed by atoms with van der Waals surface area (Å²) < 4.78 is 15.9. The SMILES string of the molecule is CCCOC(=O)c1ccc(OCC(=O)NN=Cc2c(OC)ccc3ccccc23)cc1. The van der Waals surface area contributed by atoms with E-state index in [-0.39, 0.29) is 12.6 Å². The molecule has 3 aromatic carbocycles. The van der Waals surface area contributed by atoms with Gasteiger partial charge < -0.3 is 14.2 Å². The van der Waals surface area contributed by atoms with Crippen molar-refractivity contribution in [2.45, 2.75) is 13.3 Å². The molecule has 31 heavy (non-hydrogen) atoms. The van der Waals surface area contributed by atoms with E-state index >= 15 is 0 Å². The first-order valence-electron chi connectivity index (χ1n) is 9.90. The Morgan fingerprint density at radius 1 is 1.03 bits per heavy atom. The number of carbonyl (C=O) groups excluding carboxylic acids is 2. The summed E-state index contributed by atoms with van der Waals surface area (Å²) in [6, 6.07) is 18.1. The van der Waals surface area contributed by atoms with E-state index in [0.717, 1.165) is 22.8 Å². The minimum atomic E-state index is -0.415. The quantitative estimate of drug-likeness (QED) is 0.322. The number of rotatable bonds is 9. The zero-order chi connectivity index (χ0) is 22.1. The molecule has 0 radical (unpaired) electrons. The number of nitrogens with one attached hydrogen (secondary N) is 1. The van der Waals surface area contributed by atoms with E-state index in [4.69, 9.17) is 14.2 Å². The number of amides is 1. The highest BCUT2D eigenvalue weighted by molar-refractivity contribution is 6.02. The largest absolute Gasteiger partial charge is 0.496 e. The van der Waals surface area contributed by atoms with Gasteiger partial charge in [-0.3, -0.25) is 4.79 Å². The predicted molar refractivity (Wildman–Crippen MR) is 119 cm³/mol. The maximum Gasteiger partial charge on any atom is 0.338 e. The molecule has 0 aliphatic carbocycles. The lowest BCUT2D eigenvalue weighted by Gasteiger charge is -2.09. The van der Waals surface area contributed by atoms with Crippen molar-refractivity contribution >= 4 is 28.9 Å². The lowest BCUT2D eigenvalue weighted by atomic mass is 10.0. The monoisotopic (exact) mass is 420 g/mol. The van der Waals surface area contributed by atoms with Crippen molar-refractivity contribution in [3.05, 3.63) is 71.8 Å². The van der Waals surface area contributed by atoms with E-state index in [9.17, 15) is 9.59 Å². The Morgan fingerprint density at radius 2 is 1.81 bits per heavy atom. The third-order valence-electron chi connectivity index (χ3n) is 4.43. The van der Waals surface area contributed by atoms with Crippen LogP contribution in [0.4, 0.5) is 0 Å². The van der Waals surface area contributed by atoms with Gasteiger partial charge in [0.2, 0.25) is 0 Å². The fourth-order valence-corrected chi connectivity index (χ4v) is 2.90. The van der Waals surface area contributed by atoms with Crippen molar-refractivity contribution in [2.75, 3.05) is 20.3 Å². The van der Waals surface area contributed by atoms with E-state index in [2.05, 4.69) is 10.5 Å². The first-order chi connectivity index (χ1) is 15.1. The van der Waals surface area contributed by atoms with Gasteiger partial charge in [0, 0.05) is 5.56 Å². The Morgan fingerprint density at radius 3 is 2.55 bits per heavy atom. The normalized spacial score (nSPS) is 10.8. The summed E-state index contributed by atoms with van der Waals surface area (Å²) in [5, 5.41) is 6.04. The maximum atomic E-state index is 12.1. The van der Waals surface area contributed by atoms with Gasteiger partial charge in [0.05, 0.1) is 25.5 Å². The molecule has 0 aliphatic heterocycles. The topological polar surface area (TPSA) is 86.2 Å². The summed E-state index contributed by atoms with van der Waals surface area (Å²) in [5.41, 5.74) is 3.65. The van der Waals surface area contributed by atoms with Crippen LogP contribution in [0.5, 0.6) is 11.5 Å². The number of hydrazone groups is 1. The molecule has 7 nitrogen and oxygen atoms in total. The summed E-state index contributed by atoms with van der Waals surface area (Å²) in [5.74, 6) is 0.318. The lowest BCUT2D eigenvalue weighted by Crippen LogP contribution is -2.24. The standard InChI is InChI=1S/C24H24N2O5/c1-3-14-30-24(28)18-8-11-19(12-9-18)31-16-23(27)26-25-15-21-20-7-5-4-6-17(20)10-13-22(21)29-2/h4-13,15H,3,14,16H2,1-2H3,(H,26,27). The van der Waals surface area contributed by atoms with Gasteiger partial charge >= 0.3 is 5.97 Å². The molecule has 3 rings (SSSR count). The third-order valence-corrected chi connectivity index (χ3v) is 4.43. The van der Waals surface area contributed by atoms with Crippen LogP contribution >= 0.6 is 0 Å². The molecule has 1 amide bonds. The highest BCUT2D eigenvalue weighted by Crippen LogP contribution is 2.26. The fraction of sp³-hybridized carbons (Fsp3) is 0.208. The molecule has 0 spiro atoms. The second-order valence-corrected chi connectivity index (χ2v) is 6.64. The van der Waals surface area contributed by atoms with Crippen LogP contribution < -0.4 is 14.9 Å². The second-order valence-electron chi connectivity index (χ2n) is 6.64. The number of methoxy groups -OCH3 is 1. The van der Waals surface area contributed by atoms with E-state index < -0.39 is 5.91 Å². The molecular formula is C24H24N2O5. The van der Waals surface area contributed by atoms with Gasteiger partial charge in [0.15, 0.2) is 6.61 Å². The summed E-state index contributed by atoms with van der Waals surface area (Å²) in [4.78, 5) is 23.9. The summed E-state index contributed by atoms with van der Waals surface area (Å²) in [7, 11) is 1.59. The van der Waals surface area contributed by atoms with Gasteiger partial charge in [-0.05, 0) is 47.5 Å². The highest BCUT2D eigenvalue weighted by atomic mass is 16.5. The maximum absolute atomic E-state index is 12.1. The van der Waals surface area contributed by atoms with Crippen LogP contribution in [0.15, 0.2) is 65.8 Å². The van der Waals surface area contributed by atoms with E-state index in [1.807, 2.05) is 43.3 Å². The van der Waals surface area contributed by atoms with Crippen molar-refractivity contribution in [1.29, 1.82) is 0 Å². The number of hydrogen-bond donors (Lipinski definition) is 1. The zero-order valence-corrected chi connectivity index (χ0v) is 17.5. The molecule has 0 atom stereocenters. The minimum Gasteiger partial charge on any atom is -0.496 e.